The molecule has 1 aliphatic heterocycles. The number of carbonyl (C=O) groups excluding carboxylic acids is 1. The van der Waals surface area contributed by atoms with Gasteiger partial charge in [-0.25, -0.2) is 0 Å². The van der Waals surface area contributed by atoms with Crippen molar-refractivity contribution in [1.82, 2.24) is 10.2 Å². The number of nitrogens with zero attached hydrogens (tertiary/aromatic N) is 1. The molecular formula is C21H23F3N2O. The van der Waals surface area contributed by atoms with E-state index in [4.69, 9.17) is 0 Å². The van der Waals surface area contributed by atoms with Crippen LogP contribution in [0.2, 0.25) is 0 Å². The maximum atomic E-state index is 12.8. The van der Waals surface area contributed by atoms with Crippen molar-refractivity contribution < 1.29 is 18.0 Å². The minimum atomic E-state index is -4.37. The van der Waals surface area contributed by atoms with Gasteiger partial charge in [0.15, 0.2) is 0 Å². The van der Waals surface area contributed by atoms with Crippen LogP contribution < -0.4 is 5.32 Å². The molecule has 1 aliphatic rings. The topological polar surface area (TPSA) is 32.3 Å². The number of hydrogen-bond donors (Lipinski definition) is 1. The van der Waals surface area contributed by atoms with Crippen LogP contribution in [0, 0.1) is 5.92 Å². The van der Waals surface area contributed by atoms with Gasteiger partial charge >= 0.3 is 6.18 Å². The predicted molar refractivity (Wildman–Crippen MR) is 97.7 cm³/mol. The molecule has 1 heterocycles. The van der Waals surface area contributed by atoms with Gasteiger partial charge in [-0.2, -0.15) is 13.2 Å². The molecule has 0 atom stereocenters. The Bertz CT molecular complexity index is 754. The number of alkyl halides is 3. The van der Waals surface area contributed by atoms with Crippen LogP contribution in [0.15, 0.2) is 54.6 Å². The van der Waals surface area contributed by atoms with Crippen LogP contribution in [0.25, 0.3) is 0 Å². The minimum absolute atomic E-state index is 0.0771. The Balaban J connectivity index is 1.46. The molecular weight excluding hydrogens is 353 g/mol. The Labute approximate surface area is 157 Å². The fourth-order valence-corrected chi connectivity index (χ4v) is 3.39. The minimum Gasteiger partial charge on any atom is -0.352 e. The van der Waals surface area contributed by atoms with Crippen molar-refractivity contribution in [2.45, 2.75) is 32.1 Å². The lowest BCUT2D eigenvalue weighted by Gasteiger charge is -2.31. The second-order valence-corrected chi connectivity index (χ2v) is 6.95. The van der Waals surface area contributed by atoms with Gasteiger partial charge in [-0.15, -0.1) is 0 Å². The highest BCUT2D eigenvalue weighted by Crippen LogP contribution is 2.29. The van der Waals surface area contributed by atoms with E-state index in [-0.39, 0.29) is 18.4 Å². The monoisotopic (exact) mass is 376 g/mol. The summed E-state index contributed by atoms with van der Waals surface area (Å²) in [5.74, 6) is -0.158. The van der Waals surface area contributed by atoms with E-state index in [0.717, 1.165) is 44.6 Å². The average Bonchev–Trinajstić information content (AvgIpc) is 2.67. The number of carbonyl (C=O) groups is 1. The SMILES string of the molecule is O=C(NCc1cccc(C(F)(F)F)c1)C1CCN(Cc2ccccc2)CC1. The molecule has 1 amide bonds. The van der Waals surface area contributed by atoms with Crippen molar-refractivity contribution in [3.05, 3.63) is 71.3 Å². The van der Waals surface area contributed by atoms with E-state index in [1.54, 1.807) is 6.07 Å². The highest BCUT2D eigenvalue weighted by molar-refractivity contribution is 5.78. The second kappa shape index (κ2) is 8.57. The van der Waals surface area contributed by atoms with Crippen LogP contribution in [0.3, 0.4) is 0 Å². The van der Waals surface area contributed by atoms with Gasteiger partial charge in [0, 0.05) is 19.0 Å². The zero-order valence-electron chi connectivity index (χ0n) is 15.0. The first-order valence-corrected chi connectivity index (χ1v) is 9.12. The predicted octanol–water partition coefficient (Wildman–Crippen LogP) is 4.23. The molecule has 6 heteroatoms. The van der Waals surface area contributed by atoms with E-state index in [1.807, 2.05) is 18.2 Å². The van der Waals surface area contributed by atoms with Crippen LogP contribution in [-0.2, 0) is 24.1 Å². The third-order valence-electron chi connectivity index (χ3n) is 4.93. The Morgan fingerprint density at radius 3 is 2.33 bits per heavy atom. The smallest absolute Gasteiger partial charge is 0.352 e. The molecule has 2 aromatic rings. The molecule has 0 aromatic heterocycles. The molecule has 27 heavy (non-hydrogen) atoms. The molecule has 0 spiro atoms. The summed E-state index contributed by atoms with van der Waals surface area (Å²) in [4.78, 5) is 14.7. The summed E-state index contributed by atoms with van der Waals surface area (Å²) < 4.78 is 38.3. The first-order valence-electron chi connectivity index (χ1n) is 9.12. The molecule has 3 nitrogen and oxygen atoms in total. The molecule has 0 radical (unpaired) electrons. The van der Waals surface area contributed by atoms with Crippen LogP contribution in [0.1, 0.15) is 29.5 Å². The zero-order chi connectivity index (χ0) is 19.3. The van der Waals surface area contributed by atoms with Crippen LogP contribution >= 0.6 is 0 Å². The van der Waals surface area contributed by atoms with Crippen LogP contribution in [-0.4, -0.2) is 23.9 Å². The number of nitrogens with one attached hydrogen (secondary N) is 1. The van der Waals surface area contributed by atoms with E-state index < -0.39 is 11.7 Å². The molecule has 0 saturated carbocycles. The molecule has 144 valence electrons. The summed E-state index contributed by atoms with van der Waals surface area (Å²) in [6.07, 6.45) is -2.84. The second-order valence-electron chi connectivity index (χ2n) is 6.95. The van der Waals surface area contributed by atoms with Crippen molar-refractivity contribution >= 4 is 5.91 Å². The van der Waals surface area contributed by atoms with Crippen LogP contribution in [0.5, 0.6) is 0 Å². The summed E-state index contributed by atoms with van der Waals surface area (Å²) in [5.41, 5.74) is 1.02. The fourth-order valence-electron chi connectivity index (χ4n) is 3.39. The highest BCUT2D eigenvalue weighted by Gasteiger charge is 2.30. The van der Waals surface area contributed by atoms with Gasteiger partial charge in [0.05, 0.1) is 5.56 Å². The normalized spacial score (nSPS) is 16.3. The first-order chi connectivity index (χ1) is 12.9. The number of halogens is 3. The fraction of sp³-hybridized carbons (Fsp3) is 0.381. The summed E-state index contributed by atoms with van der Waals surface area (Å²) in [5, 5.41) is 2.79. The highest BCUT2D eigenvalue weighted by atomic mass is 19.4. The van der Waals surface area contributed by atoms with Crippen molar-refractivity contribution in [1.29, 1.82) is 0 Å². The standard InChI is InChI=1S/C21H23F3N2O/c22-21(23,24)19-8-4-7-17(13-19)14-25-20(27)18-9-11-26(12-10-18)15-16-5-2-1-3-6-16/h1-8,13,18H,9-12,14-15H2,(H,25,27). The van der Waals surface area contributed by atoms with Gasteiger partial charge in [-0.3, -0.25) is 9.69 Å². The molecule has 0 unspecified atom stereocenters. The largest absolute Gasteiger partial charge is 0.416 e. The lowest BCUT2D eigenvalue weighted by molar-refractivity contribution is -0.137. The number of piperidine rings is 1. The van der Waals surface area contributed by atoms with Gasteiger partial charge in [0.25, 0.3) is 0 Å². The molecule has 1 saturated heterocycles. The lowest BCUT2D eigenvalue weighted by Crippen LogP contribution is -2.40. The maximum absolute atomic E-state index is 12.8. The van der Waals surface area contributed by atoms with Crippen molar-refractivity contribution in [3.63, 3.8) is 0 Å². The summed E-state index contributed by atoms with van der Waals surface area (Å²) >= 11 is 0. The average molecular weight is 376 g/mol. The van der Waals surface area contributed by atoms with Gasteiger partial charge < -0.3 is 5.32 Å². The Morgan fingerprint density at radius 2 is 1.67 bits per heavy atom. The molecule has 0 aliphatic carbocycles. The summed E-state index contributed by atoms with van der Waals surface area (Å²) in [7, 11) is 0. The van der Waals surface area contributed by atoms with E-state index in [1.165, 1.54) is 11.6 Å². The summed E-state index contributed by atoms with van der Waals surface area (Å²) in [6, 6.07) is 15.3. The molecule has 3 rings (SSSR count). The van der Waals surface area contributed by atoms with E-state index in [9.17, 15) is 18.0 Å². The quantitative estimate of drug-likeness (QED) is 0.847. The molecule has 1 N–H and O–H groups in total. The number of rotatable bonds is 5. The van der Waals surface area contributed by atoms with Gasteiger partial charge in [-0.05, 0) is 49.2 Å². The van der Waals surface area contributed by atoms with Crippen molar-refractivity contribution in [2.24, 2.45) is 5.92 Å². The van der Waals surface area contributed by atoms with E-state index in [2.05, 4.69) is 22.3 Å². The van der Waals surface area contributed by atoms with Gasteiger partial charge in [-0.1, -0.05) is 42.5 Å². The number of amides is 1. The van der Waals surface area contributed by atoms with Crippen LogP contribution in [0.4, 0.5) is 13.2 Å². The van der Waals surface area contributed by atoms with Crippen molar-refractivity contribution in [3.8, 4) is 0 Å². The zero-order valence-corrected chi connectivity index (χ0v) is 15.0. The lowest BCUT2D eigenvalue weighted by atomic mass is 9.95. The summed E-state index contributed by atoms with van der Waals surface area (Å²) in [6.45, 7) is 2.68. The molecule has 0 bridgehead atoms. The van der Waals surface area contributed by atoms with E-state index in [0.29, 0.717) is 5.56 Å². The van der Waals surface area contributed by atoms with Gasteiger partial charge in [0.2, 0.25) is 5.91 Å². The number of benzene rings is 2. The number of likely N-dealkylation sites (tertiary alicyclic amines) is 1. The third kappa shape index (κ3) is 5.57. The molecule has 1 fully saturated rings. The Hall–Kier alpha value is -2.34. The Morgan fingerprint density at radius 1 is 1.00 bits per heavy atom. The third-order valence-corrected chi connectivity index (χ3v) is 4.93. The Kier molecular flexibility index (Phi) is 6.16. The number of hydrogen-bond acceptors (Lipinski definition) is 2. The maximum Gasteiger partial charge on any atom is 0.416 e. The first kappa shape index (κ1) is 19.4. The van der Waals surface area contributed by atoms with Gasteiger partial charge in [0.1, 0.15) is 0 Å². The van der Waals surface area contributed by atoms with Crippen molar-refractivity contribution in [2.75, 3.05) is 13.1 Å². The molecule has 2 aromatic carbocycles. The van der Waals surface area contributed by atoms with E-state index >= 15 is 0 Å².